The fourth-order valence-electron chi connectivity index (χ4n) is 0.704. The Morgan fingerprint density at radius 2 is 2.00 bits per heavy atom. The highest BCUT2D eigenvalue weighted by Gasteiger charge is 1.99. The zero-order valence-electron chi connectivity index (χ0n) is 7.77. The van der Waals surface area contributed by atoms with Gasteiger partial charge in [0.05, 0.1) is 0 Å². The van der Waals surface area contributed by atoms with Crippen molar-refractivity contribution < 1.29 is 4.79 Å². The third kappa shape index (κ3) is 4.73. The van der Waals surface area contributed by atoms with Crippen LogP contribution in [0.2, 0.25) is 0 Å². The SMILES string of the molecule is CC(C)c1cc(N)ncn1.NC=O. The van der Waals surface area contributed by atoms with Crippen molar-refractivity contribution in [2.45, 2.75) is 19.8 Å². The van der Waals surface area contributed by atoms with Gasteiger partial charge in [0.15, 0.2) is 0 Å². The molecule has 0 bridgehead atoms. The summed E-state index contributed by atoms with van der Waals surface area (Å²) in [5.74, 6) is 0.962. The molecule has 72 valence electrons. The van der Waals surface area contributed by atoms with E-state index in [-0.39, 0.29) is 6.41 Å². The van der Waals surface area contributed by atoms with Crippen molar-refractivity contribution in [3.05, 3.63) is 18.1 Å². The molecule has 4 N–H and O–H groups in total. The molecule has 0 aliphatic carbocycles. The summed E-state index contributed by atoms with van der Waals surface area (Å²) in [6.07, 6.45) is 1.74. The van der Waals surface area contributed by atoms with Crippen molar-refractivity contribution in [2.24, 2.45) is 5.73 Å². The number of hydrogen-bond donors (Lipinski definition) is 2. The van der Waals surface area contributed by atoms with Crippen molar-refractivity contribution in [3.63, 3.8) is 0 Å². The minimum Gasteiger partial charge on any atom is -0.384 e. The van der Waals surface area contributed by atoms with E-state index in [2.05, 4.69) is 29.5 Å². The zero-order chi connectivity index (χ0) is 10.3. The number of amides is 1. The van der Waals surface area contributed by atoms with Crippen LogP contribution in [-0.2, 0) is 4.79 Å². The second kappa shape index (κ2) is 5.93. The molecule has 0 atom stereocenters. The van der Waals surface area contributed by atoms with E-state index in [9.17, 15) is 0 Å². The van der Waals surface area contributed by atoms with E-state index in [1.165, 1.54) is 6.33 Å². The predicted molar refractivity (Wildman–Crippen MR) is 50.8 cm³/mol. The van der Waals surface area contributed by atoms with Crippen LogP contribution in [0.1, 0.15) is 25.5 Å². The van der Waals surface area contributed by atoms with E-state index in [1.54, 1.807) is 6.07 Å². The van der Waals surface area contributed by atoms with Gasteiger partial charge in [-0.2, -0.15) is 0 Å². The third-order valence-electron chi connectivity index (χ3n) is 1.30. The normalized spacial score (nSPS) is 8.85. The number of nitrogens with two attached hydrogens (primary N) is 2. The minimum absolute atomic E-state index is 0.250. The third-order valence-corrected chi connectivity index (χ3v) is 1.30. The topological polar surface area (TPSA) is 94.9 Å². The number of aromatic nitrogens is 2. The zero-order valence-corrected chi connectivity index (χ0v) is 7.77. The van der Waals surface area contributed by atoms with Gasteiger partial charge in [-0.15, -0.1) is 0 Å². The average molecular weight is 182 g/mol. The summed E-state index contributed by atoms with van der Waals surface area (Å²) in [6.45, 7) is 4.14. The monoisotopic (exact) mass is 182 g/mol. The number of carbonyl (C=O) groups excluding carboxylic acids is 1. The summed E-state index contributed by atoms with van der Waals surface area (Å²) in [6, 6.07) is 1.80. The minimum atomic E-state index is 0.250. The molecule has 1 aromatic rings. The lowest BCUT2D eigenvalue weighted by molar-refractivity contribution is -0.106. The van der Waals surface area contributed by atoms with Crippen molar-refractivity contribution in [1.29, 1.82) is 0 Å². The van der Waals surface area contributed by atoms with Crippen LogP contribution in [0.15, 0.2) is 12.4 Å². The molecule has 1 aromatic heterocycles. The van der Waals surface area contributed by atoms with Gasteiger partial charge >= 0.3 is 0 Å². The van der Waals surface area contributed by atoms with Crippen LogP contribution >= 0.6 is 0 Å². The van der Waals surface area contributed by atoms with E-state index < -0.39 is 0 Å². The first kappa shape index (κ1) is 11.4. The molecule has 5 heteroatoms. The Bertz CT molecular complexity index is 262. The van der Waals surface area contributed by atoms with E-state index in [4.69, 9.17) is 10.5 Å². The fourth-order valence-corrected chi connectivity index (χ4v) is 0.704. The Kier molecular flexibility index (Phi) is 5.18. The lowest BCUT2D eigenvalue weighted by atomic mass is 10.1. The average Bonchev–Trinajstić information content (AvgIpc) is 2.05. The van der Waals surface area contributed by atoms with Gasteiger partial charge < -0.3 is 11.5 Å². The summed E-state index contributed by atoms with van der Waals surface area (Å²) >= 11 is 0. The maximum absolute atomic E-state index is 8.58. The number of rotatable bonds is 1. The second-order valence-electron chi connectivity index (χ2n) is 2.66. The second-order valence-corrected chi connectivity index (χ2v) is 2.66. The van der Waals surface area contributed by atoms with Gasteiger partial charge in [-0.1, -0.05) is 13.8 Å². The Hall–Kier alpha value is -1.65. The van der Waals surface area contributed by atoms with Crippen LogP contribution in [0, 0.1) is 0 Å². The molecule has 0 aliphatic rings. The fraction of sp³-hybridized carbons (Fsp3) is 0.375. The van der Waals surface area contributed by atoms with E-state index >= 15 is 0 Å². The van der Waals surface area contributed by atoms with E-state index in [1.807, 2.05) is 0 Å². The van der Waals surface area contributed by atoms with E-state index in [0.29, 0.717) is 11.7 Å². The quantitative estimate of drug-likeness (QED) is 0.610. The van der Waals surface area contributed by atoms with E-state index in [0.717, 1.165) is 5.69 Å². The molecule has 0 radical (unpaired) electrons. The molecule has 0 saturated carbocycles. The van der Waals surface area contributed by atoms with Crippen LogP contribution < -0.4 is 11.5 Å². The van der Waals surface area contributed by atoms with Crippen LogP contribution in [0.5, 0.6) is 0 Å². The molecule has 5 nitrogen and oxygen atoms in total. The first-order valence-electron chi connectivity index (χ1n) is 3.84. The molecule has 0 aliphatic heterocycles. The number of primary amides is 1. The number of nitrogen functional groups attached to an aromatic ring is 1. The van der Waals surface area contributed by atoms with Crippen LogP contribution in [0.3, 0.4) is 0 Å². The van der Waals surface area contributed by atoms with Crippen molar-refractivity contribution >= 4 is 12.2 Å². The standard InChI is InChI=1S/C7H11N3.CH3NO/c1-5(2)6-3-7(8)10-4-9-6;2-1-3/h3-5H,1-2H3,(H2,8,9,10);1H,(H2,2,3). The first-order chi connectivity index (χ1) is 6.11. The summed E-state index contributed by atoms with van der Waals surface area (Å²) in [5.41, 5.74) is 10.6. The first-order valence-corrected chi connectivity index (χ1v) is 3.84. The van der Waals surface area contributed by atoms with Gasteiger partial charge in [-0.05, 0) is 5.92 Å². The molecular formula is C8H14N4O. The summed E-state index contributed by atoms with van der Waals surface area (Å²) < 4.78 is 0. The van der Waals surface area contributed by atoms with Gasteiger partial charge in [0, 0.05) is 11.8 Å². The Morgan fingerprint density at radius 3 is 2.31 bits per heavy atom. The molecule has 0 fully saturated rings. The summed E-state index contributed by atoms with van der Waals surface area (Å²) in [4.78, 5) is 16.4. The van der Waals surface area contributed by atoms with Gasteiger partial charge in [0.1, 0.15) is 12.1 Å². The highest BCUT2D eigenvalue weighted by Crippen LogP contribution is 2.10. The van der Waals surface area contributed by atoms with Gasteiger partial charge in [-0.3, -0.25) is 4.79 Å². The molecule has 1 rings (SSSR count). The Labute approximate surface area is 77.2 Å². The highest BCUT2D eigenvalue weighted by molar-refractivity contribution is 5.42. The molecular weight excluding hydrogens is 168 g/mol. The van der Waals surface area contributed by atoms with Crippen molar-refractivity contribution in [3.8, 4) is 0 Å². The molecule has 13 heavy (non-hydrogen) atoms. The summed E-state index contributed by atoms with van der Waals surface area (Å²) in [7, 11) is 0. The lowest BCUT2D eigenvalue weighted by Crippen LogP contribution is -1.96. The predicted octanol–water partition coefficient (Wildman–Crippen LogP) is 0.284. The molecule has 0 spiro atoms. The Morgan fingerprint density at radius 1 is 1.46 bits per heavy atom. The number of nitrogens with zero attached hydrogens (tertiary/aromatic N) is 2. The Balaban J connectivity index is 0.000000424. The van der Waals surface area contributed by atoms with Gasteiger partial charge in [-0.25, -0.2) is 9.97 Å². The molecule has 1 amide bonds. The number of carbonyl (C=O) groups is 1. The number of hydrogen-bond acceptors (Lipinski definition) is 4. The molecule has 0 aromatic carbocycles. The maximum Gasteiger partial charge on any atom is 0.204 e. The van der Waals surface area contributed by atoms with Crippen LogP contribution in [0.25, 0.3) is 0 Å². The molecule has 0 unspecified atom stereocenters. The van der Waals surface area contributed by atoms with Crippen LogP contribution in [0.4, 0.5) is 5.82 Å². The van der Waals surface area contributed by atoms with Crippen LogP contribution in [-0.4, -0.2) is 16.4 Å². The lowest BCUT2D eigenvalue weighted by Gasteiger charge is -2.02. The maximum atomic E-state index is 8.58. The highest BCUT2D eigenvalue weighted by atomic mass is 16.1. The van der Waals surface area contributed by atoms with Gasteiger partial charge in [0.2, 0.25) is 6.41 Å². The van der Waals surface area contributed by atoms with Crippen molar-refractivity contribution in [1.82, 2.24) is 9.97 Å². The largest absolute Gasteiger partial charge is 0.384 e. The smallest absolute Gasteiger partial charge is 0.204 e. The van der Waals surface area contributed by atoms with Gasteiger partial charge in [0.25, 0.3) is 0 Å². The number of anilines is 1. The van der Waals surface area contributed by atoms with Crippen molar-refractivity contribution in [2.75, 3.05) is 5.73 Å². The molecule has 1 heterocycles. The summed E-state index contributed by atoms with van der Waals surface area (Å²) in [5, 5.41) is 0. The molecule has 0 saturated heterocycles.